The Bertz CT molecular complexity index is 1330. The Balaban J connectivity index is 1.69. The lowest BCUT2D eigenvalue weighted by Gasteiger charge is -2.26. The number of ether oxygens (including phenoxy) is 2. The van der Waals surface area contributed by atoms with Gasteiger partial charge in [0.25, 0.3) is 5.69 Å². The number of nitro groups is 1. The molecule has 0 radical (unpaired) electrons. The van der Waals surface area contributed by atoms with Crippen LogP contribution < -0.4 is 15.2 Å². The molecule has 4 rings (SSSR count). The number of rotatable bonds is 5. The molecule has 1 atom stereocenters. The number of nitro benzene ring substituents is 1. The third kappa shape index (κ3) is 4.24. The molecule has 1 heterocycles. The smallest absolute Gasteiger partial charge is 0.350 e. The second kappa shape index (κ2) is 9.06. The zero-order valence-electron chi connectivity index (χ0n) is 17.3. The highest BCUT2D eigenvalue weighted by Gasteiger charge is 2.31. The van der Waals surface area contributed by atoms with Crippen LogP contribution in [-0.4, -0.2) is 17.1 Å². The van der Waals surface area contributed by atoms with Crippen molar-refractivity contribution in [3.8, 4) is 17.6 Å². The molecule has 3 aromatic carbocycles. The molecule has 2 N–H and O–H groups in total. The fourth-order valence-corrected chi connectivity index (χ4v) is 4.01. The van der Waals surface area contributed by atoms with E-state index < -0.39 is 16.8 Å². The predicted octanol–water partition coefficient (Wildman–Crippen LogP) is 4.75. The van der Waals surface area contributed by atoms with Crippen LogP contribution in [0.25, 0.3) is 0 Å². The molecule has 0 aromatic heterocycles. The molecule has 1 aliphatic heterocycles. The molecular weight excluding hydrogens is 442 g/mol. The van der Waals surface area contributed by atoms with Gasteiger partial charge >= 0.3 is 5.97 Å². The van der Waals surface area contributed by atoms with E-state index in [0.717, 1.165) is 10.5 Å². The van der Waals surface area contributed by atoms with E-state index in [1.54, 1.807) is 23.9 Å². The summed E-state index contributed by atoms with van der Waals surface area (Å²) in [5.74, 6) is -0.899. The minimum Gasteiger partial charge on any atom is -0.440 e. The van der Waals surface area contributed by atoms with Crippen molar-refractivity contribution in [1.29, 1.82) is 5.26 Å². The van der Waals surface area contributed by atoms with Gasteiger partial charge in [0.2, 0.25) is 5.88 Å². The van der Waals surface area contributed by atoms with E-state index in [4.69, 9.17) is 15.2 Å². The van der Waals surface area contributed by atoms with Crippen molar-refractivity contribution >= 4 is 23.4 Å². The SMILES string of the molecule is CSc1ccc(C2C(C#N)=C(N)Oc3cc(OC(=O)c4ccccc4[N+](=O)[O-])ccc32)cc1. The number of nitrogens with two attached hydrogens (primary N) is 1. The van der Waals surface area contributed by atoms with Gasteiger partial charge in [-0.2, -0.15) is 5.26 Å². The van der Waals surface area contributed by atoms with Crippen molar-refractivity contribution in [3.05, 3.63) is 105 Å². The maximum Gasteiger partial charge on any atom is 0.350 e. The number of nitriles is 1. The Morgan fingerprint density at radius 2 is 1.91 bits per heavy atom. The van der Waals surface area contributed by atoms with E-state index in [-0.39, 0.29) is 28.5 Å². The number of para-hydroxylation sites is 1. The maximum atomic E-state index is 12.6. The summed E-state index contributed by atoms with van der Waals surface area (Å²) < 4.78 is 11.0. The highest BCUT2D eigenvalue weighted by atomic mass is 32.2. The molecule has 0 fully saturated rings. The molecule has 0 spiro atoms. The van der Waals surface area contributed by atoms with Gasteiger partial charge in [-0.3, -0.25) is 10.1 Å². The lowest BCUT2D eigenvalue weighted by Crippen LogP contribution is -2.21. The second-order valence-corrected chi connectivity index (χ2v) is 7.94. The predicted molar refractivity (Wildman–Crippen MR) is 122 cm³/mol. The maximum absolute atomic E-state index is 12.6. The third-order valence-corrected chi connectivity index (χ3v) is 5.91. The number of esters is 1. The van der Waals surface area contributed by atoms with Gasteiger partial charge in [-0.1, -0.05) is 30.3 Å². The number of thioether (sulfide) groups is 1. The normalized spacial score (nSPS) is 14.6. The van der Waals surface area contributed by atoms with Crippen LogP contribution in [0.2, 0.25) is 0 Å². The average Bonchev–Trinajstić information content (AvgIpc) is 2.83. The second-order valence-electron chi connectivity index (χ2n) is 7.06. The third-order valence-electron chi connectivity index (χ3n) is 5.17. The number of benzene rings is 3. The van der Waals surface area contributed by atoms with E-state index >= 15 is 0 Å². The van der Waals surface area contributed by atoms with Gasteiger partial charge in [-0.05, 0) is 36.1 Å². The summed E-state index contributed by atoms with van der Waals surface area (Å²) in [6, 6.07) is 20.2. The minimum absolute atomic E-state index is 0.0360. The summed E-state index contributed by atoms with van der Waals surface area (Å²) >= 11 is 1.61. The largest absolute Gasteiger partial charge is 0.440 e. The molecule has 8 nitrogen and oxygen atoms in total. The number of carbonyl (C=O) groups is 1. The van der Waals surface area contributed by atoms with E-state index in [1.165, 1.54) is 30.3 Å². The van der Waals surface area contributed by atoms with E-state index in [9.17, 15) is 20.2 Å². The summed E-state index contributed by atoms with van der Waals surface area (Å²) in [5, 5.41) is 20.9. The van der Waals surface area contributed by atoms with Gasteiger partial charge in [0.05, 0.1) is 10.8 Å². The number of hydrogen-bond donors (Lipinski definition) is 1. The molecule has 0 aliphatic carbocycles. The van der Waals surface area contributed by atoms with Crippen molar-refractivity contribution in [3.63, 3.8) is 0 Å². The van der Waals surface area contributed by atoms with Crippen molar-refractivity contribution in [2.45, 2.75) is 10.8 Å². The van der Waals surface area contributed by atoms with Crippen molar-refractivity contribution in [1.82, 2.24) is 0 Å². The van der Waals surface area contributed by atoms with Crippen LogP contribution in [0.4, 0.5) is 5.69 Å². The molecule has 0 amide bonds. The van der Waals surface area contributed by atoms with E-state index in [1.807, 2.05) is 30.5 Å². The van der Waals surface area contributed by atoms with Crippen molar-refractivity contribution in [2.24, 2.45) is 5.73 Å². The molecule has 1 unspecified atom stereocenters. The quantitative estimate of drug-likeness (QED) is 0.190. The number of nitrogens with zero attached hydrogens (tertiary/aromatic N) is 2. The van der Waals surface area contributed by atoms with Gasteiger partial charge < -0.3 is 15.2 Å². The topological polar surface area (TPSA) is 128 Å². The van der Waals surface area contributed by atoms with Gasteiger partial charge in [-0.15, -0.1) is 11.8 Å². The molecule has 3 aromatic rings. The monoisotopic (exact) mass is 459 g/mol. The summed E-state index contributed by atoms with van der Waals surface area (Å²) in [4.78, 5) is 24.2. The van der Waals surface area contributed by atoms with E-state index in [2.05, 4.69) is 6.07 Å². The first-order chi connectivity index (χ1) is 15.9. The summed E-state index contributed by atoms with van der Waals surface area (Å²) in [7, 11) is 0. The Morgan fingerprint density at radius 3 is 2.58 bits per heavy atom. The van der Waals surface area contributed by atoms with Crippen LogP contribution >= 0.6 is 11.8 Å². The first-order valence-corrected chi connectivity index (χ1v) is 11.0. The Morgan fingerprint density at radius 1 is 1.18 bits per heavy atom. The number of carbonyl (C=O) groups excluding carboxylic acids is 1. The first-order valence-electron chi connectivity index (χ1n) is 9.74. The van der Waals surface area contributed by atoms with Gasteiger partial charge in [0.15, 0.2) is 0 Å². The summed E-state index contributed by atoms with van der Waals surface area (Å²) in [6.07, 6.45) is 1.98. The van der Waals surface area contributed by atoms with Crippen molar-refractivity contribution in [2.75, 3.05) is 6.26 Å². The fourth-order valence-electron chi connectivity index (χ4n) is 3.61. The first kappa shape index (κ1) is 21.9. The zero-order chi connectivity index (χ0) is 23.5. The average molecular weight is 459 g/mol. The molecular formula is C24H17N3O5S. The minimum atomic E-state index is -0.872. The molecule has 0 saturated carbocycles. The van der Waals surface area contributed by atoms with E-state index in [0.29, 0.717) is 11.3 Å². The summed E-state index contributed by atoms with van der Waals surface area (Å²) in [6.45, 7) is 0. The molecule has 0 bridgehead atoms. The Labute approximate surface area is 193 Å². The van der Waals surface area contributed by atoms with Crippen LogP contribution in [0.3, 0.4) is 0 Å². The van der Waals surface area contributed by atoms with Gasteiger partial charge in [-0.25, -0.2) is 4.79 Å². The highest BCUT2D eigenvalue weighted by molar-refractivity contribution is 7.98. The zero-order valence-corrected chi connectivity index (χ0v) is 18.2. The van der Waals surface area contributed by atoms with Crippen LogP contribution in [0.15, 0.2) is 83.1 Å². The highest BCUT2D eigenvalue weighted by Crippen LogP contribution is 2.43. The Hall–Kier alpha value is -4.29. The number of fused-ring (bicyclic) bond motifs is 1. The standard InChI is InChI=1S/C24H17N3O5S/c1-33-16-9-6-14(7-10-16)22-18-11-8-15(12-21(18)32-23(26)19(22)13-25)31-24(28)17-4-2-3-5-20(17)27(29)30/h2-12,22H,26H2,1H3. The molecule has 1 aliphatic rings. The van der Waals surface area contributed by atoms with Crippen molar-refractivity contribution < 1.29 is 19.2 Å². The summed E-state index contributed by atoms with van der Waals surface area (Å²) in [5.41, 5.74) is 7.34. The number of allylic oxidation sites excluding steroid dienone is 1. The van der Waals surface area contributed by atoms with Crippen LogP contribution in [-0.2, 0) is 0 Å². The molecule has 33 heavy (non-hydrogen) atoms. The fraction of sp³-hybridized carbons (Fsp3) is 0.0833. The molecule has 9 heteroatoms. The lowest BCUT2D eigenvalue weighted by atomic mass is 9.83. The van der Waals surface area contributed by atoms with Crippen LogP contribution in [0, 0.1) is 21.4 Å². The van der Waals surface area contributed by atoms with Gasteiger partial charge in [0.1, 0.15) is 28.7 Å². The molecule has 164 valence electrons. The lowest BCUT2D eigenvalue weighted by molar-refractivity contribution is -0.385. The number of hydrogen-bond acceptors (Lipinski definition) is 8. The molecule has 0 saturated heterocycles. The Kier molecular flexibility index (Phi) is 6.02. The van der Waals surface area contributed by atoms with Crippen LogP contribution in [0.1, 0.15) is 27.4 Å². The van der Waals surface area contributed by atoms with Crippen LogP contribution in [0.5, 0.6) is 11.5 Å². The van der Waals surface area contributed by atoms with Gasteiger partial charge in [0, 0.05) is 22.6 Å².